The Labute approximate surface area is 115 Å². The first-order valence-electron chi connectivity index (χ1n) is 6.10. The van der Waals surface area contributed by atoms with Crippen LogP contribution in [0.2, 0.25) is 0 Å². The fraction of sp³-hybridized carbons (Fsp3) is 0.462. The first-order valence-corrected chi connectivity index (χ1v) is 6.10. The molecule has 0 saturated heterocycles. The molecule has 0 aliphatic heterocycles. The number of hydrogen-bond donors (Lipinski definition) is 2. The minimum atomic E-state index is -4.36. The lowest BCUT2D eigenvalue weighted by molar-refractivity contribution is -0.153. The molecule has 7 heteroatoms. The van der Waals surface area contributed by atoms with Crippen molar-refractivity contribution in [3.63, 3.8) is 0 Å². The van der Waals surface area contributed by atoms with Crippen LogP contribution < -0.4 is 15.4 Å². The highest BCUT2D eigenvalue weighted by Crippen LogP contribution is 2.19. The molecule has 0 unspecified atom stereocenters. The van der Waals surface area contributed by atoms with E-state index in [2.05, 4.69) is 15.4 Å². The van der Waals surface area contributed by atoms with Gasteiger partial charge in [0, 0.05) is 19.5 Å². The second-order valence-corrected chi connectivity index (χ2v) is 4.18. The molecule has 0 radical (unpaired) electrons. The molecule has 0 bridgehead atoms. The summed E-state index contributed by atoms with van der Waals surface area (Å²) >= 11 is 0. The van der Waals surface area contributed by atoms with E-state index in [1.165, 1.54) is 12.1 Å². The second-order valence-electron chi connectivity index (χ2n) is 4.18. The smallest absolute Gasteiger partial charge is 0.422 e. The van der Waals surface area contributed by atoms with E-state index in [1.54, 1.807) is 19.2 Å². The predicted octanol–water partition coefficient (Wildman–Crippen LogP) is 1.85. The van der Waals surface area contributed by atoms with Crippen molar-refractivity contribution in [3.05, 3.63) is 29.8 Å². The normalized spacial score (nSPS) is 11.2. The minimum absolute atomic E-state index is 0.124. The van der Waals surface area contributed by atoms with E-state index < -0.39 is 12.8 Å². The van der Waals surface area contributed by atoms with Gasteiger partial charge in [0.1, 0.15) is 5.75 Å². The van der Waals surface area contributed by atoms with E-state index >= 15 is 0 Å². The summed E-state index contributed by atoms with van der Waals surface area (Å²) in [5.41, 5.74) is 0.683. The topological polar surface area (TPSA) is 50.4 Å². The number of hydrogen-bond acceptors (Lipinski definition) is 3. The number of halogens is 3. The average Bonchev–Trinajstić information content (AvgIpc) is 2.40. The zero-order chi connectivity index (χ0) is 15.0. The maximum atomic E-state index is 12.0. The Hall–Kier alpha value is -1.76. The van der Waals surface area contributed by atoms with E-state index in [4.69, 9.17) is 0 Å². The maximum absolute atomic E-state index is 12.0. The van der Waals surface area contributed by atoms with Crippen molar-refractivity contribution in [1.29, 1.82) is 0 Å². The predicted molar refractivity (Wildman–Crippen MR) is 68.4 cm³/mol. The summed E-state index contributed by atoms with van der Waals surface area (Å²) in [6, 6.07) is 6.21. The Morgan fingerprint density at radius 3 is 2.75 bits per heavy atom. The molecule has 4 nitrogen and oxygen atoms in total. The second kappa shape index (κ2) is 7.74. The van der Waals surface area contributed by atoms with Crippen LogP contribution in [-0.4, -0.2) is 32.3 Å². The molecule has 0 aromatic heterocycles. The van der Waals surface area contributed by atoms with Gasteiger partial charge >= 0.3 is 6.18 Å². The summed E-state index contributed by atoms with van der Waals surface area (Å²) in [5.74, 6) is 0.00487. The molecule has 1 amide bonds. The van der Waals surface area contributed by atoms with Gasteiger partial charge in [-0.1, -0.05) is 12.1 Å². The number of rotatable bonds is 7. The molecule has 1 rings (SSSR count). The molecular formula is C13H17F3N2O2. The third kappa shape index (κ3) is 6.98. The molecule has 0 heterocycles. The highest BCUT2D eigenvalue weighted by atomic mass is 19.4. The standard InChI is InChI=1S/C13H17F3N2O2/c1-17-6-5-12(19)18-8-10-3-2-4-11(7-10)20-9-13(14,15)16/h2-4,7,17H,5-6,8-9H2,1H3,(H,18,19). The number of nitrogens with one attached hydrogen (secondary N) is 2. The van der Waals surface area contributed by atoms with Crippen molar-refractivity contribution in [1.82, 2.24) is 10.6 Å². The zero-order valence-corrected chi connectivity index (χ0v) is 11.1. The van der Waals surface area contributed by atoms with E-state index in [9.17, 15) is 18.0 Å². The molecule has 1 aromatic rings. The lowest BCUT2D eigenvalue weighted by Gasteiger charge is -2.10. The van der Waals surface area contributed by atoms with Crippen LogP contribution in [0, 0.1) is 0 Å². The SMILES string of the molecule is CNCCC(=O)NCc1cccc(OCC(F)(F)F)c1. The lowest BCUT2D eigenvalue weighted by Crippen LogP contribution is -2.26. The van der Waals surface area contributed by atoms with Crippen molar-refractivity contribution >= 4 is 5.91 Å². The number of carbonyl (C=O) groups is 1. The molecule has 20 heavy (non-hydrogen) atoms. The summed E-state index contributed by atoms with van der Waals surface area (Å²) in [6.45, 7) is -0.503. The van der Waals surface area contributed by atoms with Crippen molar-refractivity contribution < 1.29 is 22.7 Å². The van der Waals surface area contributed by atoms with Gasteiger partial charge in [-0.05, 0) is 24.7 Å². The molecule has 1 aromatic carbocycles. The van der Waals surface area contributed by atoms with Crippen molar-refractivity contribution in [3.8, 4) is 5.75 Å². The molecule has 0 fully saturated rings. The number of benzene rings is 1. The van der Waals surface area contributed by atoms with Crippen molar-refractivity contribution in [2.75, 3.05) is 20.2 Å². The van der Waals surface area contributed by atoms with Crippen LogP contribution in [0.4, 0.5) is 13.2 Å². The van der Waals surface area contributed by atoms with Crippen LogP contribution >= 0.6 is 0 Å². The molecule has 0 aliphatic carbocycles. The van der Waals surface area contributed by atoms with Crippen LogP contribution in [0.3, 0.4) is 0 Å². The van der Waals surface area contributed by atoms with Gasteiger partial charge in [-0.3, -0.25) is 4.79 Å². The summed E-state index contributed by atoms with van der Waals surface area (Å²) in [6.07, 6.45) is -4.02. The molecule has 0 saturated carbocycles. The highest BCUT2D eigenvalue weighted by molar-refractivity contribution is 5.76. The summed E-state index contributed by atoms with van der Waals surface area (Å²) in [5, 5.41) is 5.53. The number of alkyl halides is 3. The molecule has 0 aliphatic rings. The summed E-state index contributed by atoms with van der Waals surface area (Å²) in [7, 11) is 1.74. The fourth-order valence-corrected chi connectivity index (χ4v) is 1.44. The Kier molecular flexibility index (Phi) is 6.30. The zero-order valence-electron chi connectivity index (χ0n) is 11.1. The van der Waals surface area contributed by atoms with Gasteiger partial charge in [-0.15, -0.1) is 0 Å². The van der Waals surface area contributed by atoms with Crippen LogP contribution in [0.15, 0.2) is 24.3 Å². The molecule has 0 atom stereocenters. The van der Waals surface area contributed by atoms with Gasteiger partial charge in [0.15, 0.2) is 6.61 Å². The van der Waals surface area contributed by atoms with Gasteiger partial charge in [-0.2, -0.15) is 13.2 Å². The highest BCUT2D eigenvalue weighted by Gasteiger charge is 2.28. The van der Waals surface area contributed by atoms with E-state index in [-0.39, 0.29) is 18.2 Å². The van der Waals surface area contributed by atoms with Gasteiger partial charge < -0.3 is 15.4 Å². The lowest BCUT2D eigenvalue weighted by atomic mass is 10.2. The van der Waals surface area contributed by atoms with E-state index in [0.717, 1.165) is 0 Å². The van der Waals surface area contributed by atoms with E-state index in [0.29, 0.717) is 18.5 Å². The molecule has 0 spiro atoms. The van der Waals surface area contributed by atoms with Crippen molar-refractivity contribution in [2.45, 2.75) is 19.1 Å². The number of ether oxygens (including phenoxy) is 1. The first kappa shape index (κ1) is 16.3. The Balaban J connectivity index is 2.45. The summed E-state index contributed by atoms with van der Waals surface area (Å²) in [4.78, 5) is 11.4. The van der Waals surface area contributed by atoms with Crippen molar-refractivity contribution in [2.24, 2.45) is 0 Å². The average molecular weight is 290 g/mol. The van der Waals surface area contributed by atoms with E-state index in [1.807, 2.05) is 0 Å². The van der Waals surface area contributed by atoms with Crippen LogP contribution in [-0.2, 0) is 11.3 Å². The Bertz CT molecular complexity index is 436. The third-order valence-electron chi connectivity index (χ3n) is 2.39. The molecular weight excluding hydrogens is 273 g/mol. The fourth-order valence-electron chi connectivity index (χ4n) is 1.44. The first-order chi connectivity index (χ1) is 9.40. The number of amides is 1. The number of carbonyl (C=O) groups excluding carboxylic acids is 1. The monoisotopic (exact) mass is 290 g/mol. The van der Waals surface area contributed by atoms with Gasteiger partial charge in [0.2, 0.25) is 5.91 Å². The maximum Gasteiger partial charge on any atom is 0.422 e. The minimum Gasteiger partial charge on any atom is -0.484 e. The largest absolute Gasteiger partial charge is 0.484 e. The Morgan fingerprint density at radius 2 is 2.10 bits per heavy atom. The third-order valence-corrected chi connectivity index (χ3v) is 2.39. The quantitative estimate of drug-likeness (QED) is 0.806. The van der Waals surface area contributed by atoms with Crippen LogP contribution in [0.25, 0.3) is 0 Å². The molecule has 2 N–H and O–H groups in total. The van der Waals surface area contributed by atoms with Crippen LogP contribution in [0.1, 0.15) is 12.0 Å². The molecule has 112 valence electrons. The van der Waals surface area contributed by atoms with Gasteiger partial charge in [0.05, 0.1) is 0 Å². The van der Waals surface area contributed by atoms with Gasteiger partial charge in [0.25, 0.3) is 0 Å². The van der Waals surface area contributed by atoms with Crippen LogP contribution in [0.5, 0.6) is 5.75 Å². The summed E-state index contributed by atoms with van der Waals surface area (Å²) < 4.78 is 40.7. The van der Waals surface area contributed by atoms with Gasteiger partial charge in [-0.25, -0.2) is 0 Å². The Morgan fingerprint density at radius 1 is 1.35 bits per heavy atom.